The van der Waals surface area contributed by atoms with Crippen molar-refractivity contribution >= 4 is 22.5 Å². The summed E-state index contributed by atoms with van der Waals surface area (Å²) >= 11 is 6.27. The van der Waals surface area contributed by atoms with E-state index in [2.05, 4.69) is 23.8 Å². The molecular formula is C14H18ClNO. The van der Waals surface area contributed by atoms with Crippen molar-refractivity contribution in [1.29, 1.82) is 0 Å². The normalized spacial score (nSPS) is 12.3. The van der Waals surface area contributed by atoms with Crippen LogP contribution in [0.2, 0.25) is 5.02 Å². The second kappa shape index (κ2) is 4.35. The average molecular weight is 252 g/mol. The predicted octanol–water partition coefficient (Wildman–Crippen LogP) is 3.63. The van der Waals surface area contributed by atoms with Crippen LogP contribution in [0.3, 0.4) is 0 Å². The molecule has 2 aromatic rings. The molecule has 17 heavy (non-hydrogen) atoms. The van der Waals surface area contributed by atoms with Crippen LogP contribution in [0.4, 0.5) is 0 Å². The molecule has 1 aromatic heterocycles. The highest BCUT2D eigenvalue weighted by atomic mass is 35.5. The minimum atomic E-state index is -0.716. The molecule has 0 atom stereocenters. The summed E-state index contributed by atoms with van der Waals surface area (Å²) in [6.07, 6.45) is 2.70. The molecule has 0 aliphatic heterocycles. The van der Waals surface area contributed by atoms with Crippen LogP contribution in [-0.4, -0.2) is 15.3 Å². The van der Waals surface area contributed by atoms with E-state index in [1.165, 1.54) is 0 Å². The number of fused-ring (bicyclic) bond motifs is 1. The Kier molecular flexibility index (Phi) is 3.19. The Bertz CT molecular complexity index is 537. The molecule has 0 radical (unpaired) electrons. The predicted molar refractivity (Wildman–Crippen MR) is 72.6 cm³/mol. The van der Waals surface area contributed by atoms with Gasteiger partial charge in [-0.15, -0.1) is 0 Å². The zero-order valence-electron chi connectivity index (χ0n) is 10.5. The highest BCUT2D eigenvalue weighted by Crippen LogP contribution is 2.30. The minimum absolute atomic E-state index is 0.611. The van der Waals surface area contributed by atoms with Crippen LogP contribution in [0.25, 0.3) is 10.9 Å². The first kappa shape index (κ1) is 12.5. The van der Waals surface area contributed by atoms with Crippen LogP contribution in [-0.2, 0) is 13.0 Å². The van der Waals surface area contributed by atoms with Crippen molar-refractivity contribution in [3.05, 3.63) is 35.0 Å². The van der Waals surface area contributed by atoms with Crippen molar-refractivity contribution < 1.29 is 5.11 Å². The fraction of sp³-hybridized carbons (Fsp3) is 0.429. The molecule has 92 valence electrons. The number of benzene rings is 1. The van der Waals surface area contributed by atoms with Gasteiger partial charge in [-0.2, -0.15) is 0 Å². The fourth-order valence-electron chi connectivity index (χ4n) is 2.25. The van der Waals surface area contributed by atoms with Gasteiger partial charge in [-0.25, -0.2) is 0 Å². The van der Waals surface area contributed by atoms with Gasteiger partial charge in [0.15, 0.2) is 0 Å². The van der Waals surface area contributed by atoms with Crippen LogP contribution < -0.4 is 0 Å². The summed E-state index contributed by atoms with van der Waals surface area (Å²) in [6.45, 7) is 6.65. The molecule has 1 aromatic carbocycles. The molecule has 0 saturated carbocycles. The number of rotatable bonds is 3. The van der Waals surface area contributed by atoms with Crippen molar-refractivity contribution in [3.8, 4) is 0 Å². The first-order valence-electron chi connectivity index (χ1n) is 5.91. The standard InChI is InChI=1S/C14H18ClNO/c1-4-16-9-10(8-14(2,3)17)13-11(15)6-5-7-12(13)16/h5-7,9,17H,4,8H2,1-3H3. The Morgan fingerprint density at radius 3 is 2.65 bits per heavy atom. The van der Waals surface area contributed by atoms with Crippen LogP contribution >= 0.6 is 11.6 Å². The Morgan fingerprint density at radius 2 is 2.06 bits per heavy atom. The van der Waals surface area contributed by atoms with Gasteiger partial charge in [0.1, 0.15) is 0 Å². The largest absolute Gasteiger partial charge is 0.390 e. The van der Waals surface area contributed by atoms with E-state index in [1.54, 1.807) is 0 Å². The van der Waals surface area contributed by atoms with E-state index in [4.69, 9.17) is 11.6 Å². The maximum Gasteiger partial charge on any atom is 0.0632 e. The third kappa shape index (κ3) is 2.48. The SMILES string of the molecule is CCn1cc(CC(C)(C)O)c2c(Cl)cccc21. The van der Waals surface area contributed by atoms with Gasteiger partial charge in [-0.05, 0) is 38.5 Å². The summed E-state index contributed by atoms with van der Waals surface area (Å²) in [5, 5.41) is 11.8. The lowest BCUT2D eigenvalue weighted by atomic mass is 9.98. The monoisotopic (exact) mass is 251 g/mol. The molecule has 1 heterocycles. The van der Waals surface area contributed by atoms with Crippen molar-refractivity contribution in [2.24, 2.45) is 0 Å². The molecule has 0 bridgehead atoms. The summed E-state index contributed by atoms with van der Waals surface area (Å²) in [5.41, 5.74) is 1.53. The number of aliphatic hydroxyl groups is 1. The van der Waals surface area contributed by atoms with E-state index < -0.39 is 5.60 Å². The van der Waals surface area contributed by atoms with Gasteiger partial charge >= 0.3 is 0 Å². The first-order valence-corrected chi connectivity index (χ1v) is 6.29. The molecule has 0 fully saturated rings. The van der Waals surface area contributed by atoms with Crippen LogP contribution in [0, 0.1) is 0 Å². The zero-order chi connectivity index (χ0) is 12.6. The quantitative estimate of drug-likeness (QED) is 0.886. The summed E-state index contributed by atoms with van der Waals surface area (Å²) in [5.74, 6) is 0. The molecule has 0 aliphatic rings. The number of aryl methyl sites for hydroxylation is 1. The molecule has 0 aliphatic carbocycles. The molecular weight excluding hydrogens is 234 g/mol. The smallest absolute Gasteiger partial charge is 0.0632 e. The number of aromatic nitrogens is 1. The van der Waals surface area contributed by atoms with Crippen molar-refractivity contribution in [2.45, 2.75) is 39.3 Å². The van der Waals surface area contributed by atoms with Crippen LogP contribution in [0.1, 0.15) is 26.3 Å². The van der Waals surface area contributed by atoms with Crippen molar-refractivity contribution in [1.82, 2.24) is 4.57 Å². The number of hydrogen-bond donors (Lipinski definition) is 1. The summed E-state index contributed by atoms with van der Waals surface area (Å²) in [6, 6.07) is 5.93. The lowest BCUT2D eigenvalue weighted by Crippen LogP contribution is -2.21. The Balaban J connectivity index is 2.63. The highest BCUT2D eigenvalue weighted by molar-refractivity contribution is 6.35. The van der Waals surface area contributed by atoms with Gasteiger partial charge in [-0.3, -0.25) is 0 Å². The number of nitrogens with zero attached hydrogens (tertiary/aromatic N) is 1. The molecule has 0 amide bonds. The van der Waals surface area contributed by atoms with Crippen LogP contribution in [0.5, 0.6) is 0 Å². The maximum absolute atomic E-state index is 9.95. The lowest BCUT2D eigenvalue weighted by molar-refractivity contribution is 0.0813. The minimum Gasteiger partial charge on any atom is -0.390 e. The van der Waals surface area contributed by atoms with E-state index in [0.717, 1.165) is 28.0 Å². The van der Waals surface area contributed by atoms with E-state index in [9.17, 15) is 5.11 Å². The number of hydrogen-bond acceptors (Lipinski definition) is 1. The topological polar surface area (TPSA) is 25.2 Å². The summed E-state index contributed by atoms with van der Waals surface area (Å²) in [7, 11) is 0. The van der Waals surface area contributed by atoms with Gasteiger partial charge in [0.2, 0.25) is 0 Å². The van der Waals surface area contributed by atoms with Gasteiger partial charge < -0.3 is 9.67 Å². The molecule has 0 saturated heterocycles. The molecule has 2 rings (SSSR count). The molecule has 3 heteroatoms. The average Bonchev–Trinajstić information content (AvgIpc) is 2.55. The molecule has 2 nitrogen and oxygen atoms in total. The Hall–Kier alpha value is -0.990. The van der Waals surface area contributed by atoms with E-state index in [1.807, 2.05) is 26.0 Å². The van der Waals surface area contributed by atoms with Gasteiger partial charge in [0, 0.05) is 30.1 Å². The molecule has 1 N–H and O–H groups in total. The van der Waals surface area contributed by atoms with Crippen molar-refractivity contribution in [2.75, 3.05) is 0 Å². The molecule has 0 spiro atoms. The summed E-state index contributed by atoms with van der Waals surface area (Å²) < 4.78 is 2.17. The fourth-order valence-corrected chi connectivity index (χ4v) is 2.54. The lowest BCUT2D eigenvalue weighted by Gasteiger charge is -2.16. The zero-order valence-corrected chi connectivity index (χ0v) is 11.3. The first-order chi connectivity index (χ1) is 7.92. The summed E-state index contributed by atoms with van der Waals surface area (Å²) in [4.78, 5) is 0. The van der Waals surface area contributed by atoms with Crippen LogP contribution in [0.15, 0.2) is 24.4 Å². The van der Waals surface area contributed by atoms with E-state index in [-0.39, 0.29) is 0 Å². The van der Waals surface area contributed by atoms with E-state index >= 15 is 0 Å². The maximum atomic E-state index is 9.95. The van der Waals surface area contributed by atoms with Gasteiger partial charge in [0.05, 0.1) is 10.6 Å². The number of halogens is 1. The third-order valence-electron chi connectivity index (χ3n) is 2.90. The Morgan fingerprint density at radius 1 is 1.35 bits per heavy atom. The second-order valence-electron chi connectivity index (χ2n) is 5.06. The van der Waals surface area contributed by atoms with Gasteiger partial charge in [-0.1, -0.05) is 17.7 Å². The van der Waals surface area contributed by atoms with Crippen molar-refractivity contribution in [3.63, 3.8) is 0 Å². The second-order valence-corrected chi connectivity index (χ2v) is 5.47. The van der Waals surface area contributed by atoms with E-state index in [0.29, 0.717) is 6.42 Å². The Labute approximate surface area is 107 Å². The third-order valence-corrected chi connectivity index (χ3v) is 3.21. The highest BCUT2D eigenvalue weighted by Gasteiger charge is 2.18. The van der Waals surface area contributed by atoms with Gasteiger partial charge in [0.25, 0.3) is 0 Å². The molecule has 0 unspecified atom stereocenters.